The molecule has 0 aromatic carbocycles. The number of rotatable bonds is 3. The summed E-state index contributed by atoms with van der Waals surface area (Å²) in [6.45, 7) is 5.96. The predicted molar refractivity (Wildman–Crippen MR) is 49.3 cm³/mol. The van der Waals surface area contributed by atoms with Gasteiger partial charge in [0.05, 0.1) is 24.9 Å². The van der Waals surface area contributed by atoms with Crippen LogP contribution in [0.15, 0.2) is 0 Å². The van der Waals surface area contributed by atoms with E-state index < -0.39 is 6.10 Å². The number of aliphatic hydroxyl groups excluding tert-OH is 2. The van der Waals surface area contributed by atoms with Gasteiger partial charge in [-0.3, -0.25) is 4.68 Å². The van der Waals surface area contributed by atoms with Crippen LogP contribution in [0.2, 0.25) is 0 Å². The summed E-state index contributed by atoms with van der Waals surface area (Å²) < 4.78 is 1.73. The van der Waals surface area contributed by atoms with Gasteiger partial charge >= 0.3 is 0 Å². The molecule has 1 unspecified atom stereocenters. The van der Waals surface area contributed by atoms with Gasteiger partial charge in [0.1, 0.15) is 0 Å². The highest BCUT2D eigenvalue weighted by atomic mass is 16.3. The summed E-state index contributed by atoms with van der Waals surface area (Å²) in [5.41, 5.74) is 2.63. The fraction of sp³-hybridized carbons (Fsp3) is 0.667. The summed E-state index contributed by atoms with van der Waals surface area (Å²) in [5.74, 6) is 0. The van der Waals surface area contributed by atoms with Gasteiger partial charge < -0.3 is 10.2 Å². The third-order valence-corrected chi connectivity index (χ3v) is 2.13. The molecule has 0 saturated carbocycles. The quantitative estimate of drug-likeness (QED) is 0.713. The molecular formula is C9H16N2O2. The van der Waals surface area contributed by atoms with Gasteiger partial charge in [0.15, 0.2) is 0 Å². The van der Waals surface area contributed by atoms with Gasteiger partial charge in [0.2, 0.25) is 0 Å². The first kappa shape index (κ1) is 10.2. The monoisotopic (exact) mass is 184 g/mol. The third-order valence-electron chi connectivity index (χ3n) is 2.13. The Bertz CT molecular complexity index is 292. The van der Waals surface area contributed by atoms with E-state index in [0.29, 0.717) is 6.54 Å². The van der Waals surface area contributed by atoms with E-state index in [-0.39, 0.29) is 6.61 Å². The fourth-order valence-corrected chi connectivity index (χ4v) is 1.39. The van der Waals surface area contributed by atoms with E-state index in [1.807, 2.05) is 13.8 Å². The number of aryl methyl sites for hydroxylation is 1. The maximum Gasteiger partial charge on any atom is 0.0718 e. The molecule has 0 aliphatic heterocycles. The van der Waals surface area contributed by atoms with Crippen molar-refractivity contribution in [3.8, 4) is 0 Å². The third kappa shape index (κ3) is 2.08. The van der Waals surface area contributed by atoms with Crippen molar-refractivity contribution < 1.29 is 10.2 Å². The van der Waals surface area contributed by atoms with Crippen LogP contribution in [0.3, 0.4) is 0 Å². The molecule has 1 rings (SSSR count). The van der Waals surface area contributed by atoms with Crippen LogP contribution in [-0.2, 0) is 13.2 Å². The molecule has 4 nitrogen and oxygen atoms in total. The van der Waals surface area contributed by atoms with Gasteiger partial charge in [-0.25, -0.2) is 0 Å². The van der Waals surface area contributed by atoms with Crippen LogP contribution in [0, 0.1) is 13.8 Å². The Morgan fingerprint density at radius 1 is 1.46 bits per heavy atom. The minimum atomic E-state index is -0.412. The molecule has 0 spiro atoms. The Morgan fingerprint density at radius 2 is 2.08 bits per heavy atom. The highest BCUT2D eigenvalue weighted by molar-refractivity contribution is 5.23. The first-order valence-corrected chi connectivity index (χ1v) is 4.38. The number of aliphatic hydroxyl groups is 2. The van der Waals surface area contributed by atoms with Crippen LogP contribution in [0.4, 0.5) is 0 Å². The lowest BCUT2D eigenvalue weighted by Crippen LogP contribution is -2.14. The second kappa shape index (κ2) is 3.89. The van der Waals surface area contributed by atoms with E-state index in [0.717, 1.165) is 17.0 Å². The molecule has 0 radical (unpaired) electrons. The summed E-state index contributed by atoms with van der Waals surface area (Å²) in [6, 6.07) is 0. The molecule has 1 aromatic rings. The lowest BCUT2D eigenvalue weighted by Gasteiger charge is -2.06. The van der Waals surface area contributed by atoms with Gasteiger partial charge in [0, 0.05) is 11.3 Å². The second-order valence-electron chi connectivity index (χ2n) is 3.34. The molecular weight excluding hydrogens is 168 g/mol. The number of hydrogen-bond acceptors (Lipinski definition) is 3. The molecule has 0 fully saturated rings. The molecule has 0 aliphatic carbocycles. The molecule has 2 N–H and O–H groups in total. The van der Waals surface area contributed by atoms with Crippen molar-refractivity contribution in [3.05, 3.63) is 17.0 Å². The predicted octanol–water partition coefficient (Wildman–Crippen LogP) is 0.373. The molecule has 1 atom stereocenters. The van der Waals surface area contributed by atoms with E-state index >= 15 is 0 Å². The number of hydrogen-bond donors (Lipinski definition) is 2. The summed E-state index contributed by atoms with van der Waals surface area (Å²) in [7, 11) is 0. The van der Waals surface area contributed by atoms with Crippen LogP contribution >= 0.6 is 0 Å². The first-order chi connectivity index (χ1) is 6.06. The van der Waals surface area contributed by atoms with Crippen molar-refractivity contribution in [2.75, 3.05) is 0 Å². The normalized spacial score (nSPS) is 13.3. The summed E-state index contributed by atoms with van der Waals surface area (Å²) in [6.07, 6.45) is -0.412. The summed E-state index contributed by atoms with van der Waals surface area (Å²) >= 11 is 0. The molecule has 0 aliphatic rings. The standard InChI is InChI=1S/C9H16N2O2/c1-6(13)4-11-8(3)9(5-12)7(2)10-11/h6,12-13H,4-5H2,1-3H3. The largest absolute Gasteiger partial charge is 0.392 e. The Labute approximate surface area is 77.8 Å². The van der Waals surface area contributed by atoms with E-state index in [4.69, 9.17) is 5.11 Å². The minimum Gasteiger partial charge on any atom is -0.392 e. The average molecular weight is 184 g/mol. The zero-order valence-electron chi connectivity index (χ0n) is 8.28. The zero-order valence-corrected chi connectivity index (χ0v) is 8.28. The minimum absolute atomic E-state index is 0.0114. The van der Waals surface area contributed by atoms with Crippen LogP contribution in [0.1, 0.15) is 23.9 Å². The van der Waals surface area contributed by atoms with Crippen LogP contribution in [0.25, 0.3) is 0 Å². The van der Waals surface area contributed by atoms with Gasteiger partial charge in [-0.1, -0.05) is 0 Å². The Morgan fingerprint density at radius 3 is 2.46 bits per heavy atom. The molecule has 0 saturated heterocycles. The van der Waals surface area contributed by atoms with Crippen molar-refractivity contribution in [2.24, 2.45) is 0 Å². The van der Waals surface area contributed by atoms with Gasteiger partial charge in [0.25, 0.3) is 0 Å². The maximum absolute atomic E-state index is 9.18. The van der Waals surface area contributed by atoms with Crippen molar-refractivity contribution in [1.82, 2.24) is 9.78 Å². The lowest BCUT2D eigenvalue weighted by molar-refractivity contribution is 0.167. The van der Waals surface area contributed by atoms with Gasteiger partial charge in [-0.05, 0) is 20.8 Å². The lowest BCUT2D eigenvalue weighted by atomic mass is 10.2. The topological polar surface area (TPSA) is 58.3 Å². The molecule has 74 valence electrons. The van der Waals surface area contributed by atoms with Crippen LogP contribution in [-0.4, -0.2) is 26.1 Å². The first-order valence-electron chi connectivity index (χ1n) is 4.38. The van der Waals surface area contributed by atoms with Gasteiger partial charge in [-0.2, -0.15) is 5.10 Å². The van der Waals surface area contributed by atoms with E-state index in [1.165, 1.54) is 0 Å². The SMILES string of the molecule is Cc1nn(CC(C)O)c(C)c1CO. The van der Waals surface area contributed by atoms with Crippen LogP contribution in [0.5, 0.6) is 0 Å². The van der Waals surface area contributed by atoms with E-state index in [9.17, 15) is 5.11 Å². The zero-order chi connectivity index (χ0) is 10.0. The highest BCUT2D eigenvalue weighted by Gasteiger charge is 2.11. The van der Waals surface area contributed by atoms with Gasteiger partial charge in [-0.15, -0.1) is 0 Å². The maximum atomic E-state index is 9.18. The van der Waals surface area contributed by atoms with Crippen molar-refractivity contribution in [3.63, 3.8) is 0 Å². The Balaban J connectivity index is 2.96. The number of nitrogens with zero attached hydrogens (tertiary/aromatic N) is 2. The van der Waals surface area contributed by atoms with Crippen molar-refractivity contribution >= 4 is 0 Å². The molecule has 0 bridgehead atoms. The molecule has 0 amide bonds. The smallest absolute Gasteiger partial charge is 0.0718 e. The van der Waals surface area contributed by atoms with Crippen molar-refractivity contribution in [2.45, 2.75) is 40.0 Å². The highest BCUT2D eigenvalue weighted by Crippen LogP contribution is 2.12. The summed E-state index contributed by atoms with van der Waals surface area (Å²) in [5, 5.41) is 22.4. The molecule has 1 aromatic heterocycles. The molecule has 1 heterocycles. The molecule has 13 heavy (non-hydrogen) atoms. The number of aromatic nitrogens is 2. The van der Waals surface area contributed by atoms with Crippen molar-refractivity contribution in [1.29, 1.82) is 0 Å². The van der Waals surface area contributed by atoms with E-state index in [2.05, 4.69) is 5.10 Å². The van der Waals surface area contributed by atoms with Crippen LogP contribution < -0.4 is 0 Å². The summed E-state index contributed by atoms with van der Waals surface area (Å²) in [4.78, 5) is 0. The Kier molecular flexibility index (Phi) is 3.06. The van der Waals surface area contributed by atoms with E-state index in [1.54, 1.807) is 11.6 Å². The Hall–Kier alpha value is -0.870. The molecule has 4 heteroatoms. The fourth-order valence-electron chi connectivity index (χ4n) is 1.39. The average Bonchev–Trinajstić information content (AvgIpc) is 2.26. The second-order valence-corrected chi connectivity index (χ2v) is 3.34.